The number of carbonyl (C=O) groups excluding carboxylic acids is 7. The van der Waals surface area contributed by atoms with Crippen molar-refractivity contribution in [1.29, 1.82) is 0 Å². The Kier molecular flexibility index (Phi) is 22.0. The van der Waals surface area contributed by atoms with Gasteiger partial charge in [-0.25, -0.2) is 9.59 Å². The van der Waals surface area contributed by atoms with Crippen LogP contribution in [0.1, 0.15) is 124 Å². The van der Waals surface area contributed by atoms with Gasteiger partial charge in [0.1, 0.15) is 36.4 Å². The lowest BCUT2D eigenvalue weighted by molar-refractivity contribution is -0.145. The molecule has 17 nitrogen and oxygen atoms in total. The van der Waals surface area contributed by atoms with Gasteiger partial charge in [0.25, 0.3) is 0 Å². The van der Waals surface area contributed by atoms with E-state index in [0.717, 1.165) is 50.5 Å². The second kappa shape index (κ2) is 26.5. The van der Waals surface area contributed by atoms with Gasteiger partial charge < -0.3 is 46.3 Å². The van der Waals surface area contributed by atoms with Crippen molar-refractivity contribution in [1.82, 2.24) is 41.7 Å². The SMILES string of the molecule is CCCCC1C(=O)N(C)C(CCC)C(=O)NC(C2CCCCC2)C(=O)NC(CNC(=O)OC(C)(C)C)C(=O)NC(CNC(=O)OCc2ccccc2)C(=O)NCCN1CCCC. The summed E-state index contributed by atoms with van der Waals surface area (Å²) in [7, 11) is 1.64. The van der Waals surface area contributed by atoms with Crippen LogP contribution in [0.15, 0.2) is 30.3 Å². The molecule has 0 aromatic heterocycles. The van der Waals surface area contributed by atoms with Crippen LogP contribution in [-0.2, 0) is 40.1 Å². The predicted octanol–water partition coefficient (Wildman–Crippen LogP) is 3.89. The van der Waals surface area contributed by atoms with Gasteiger partial charge in [-0.15, -0.1) is 0 Å². The first kappa shape index (κ1) is 51.4. The second-order valence-electron chi connectivity index (χ2n) is 17.4. The molecule has 17 heteroatoms. The highest BCUT2D eigenvalue weighted by molar-refractivity contribution is 5.96. The molecule has 1 aromatic rings. The Labute approximate surface area is 368 Å². The molecule has 3 rings (SSSR count). The van der Waals surface area contributed by atoms with Crippen LogP contribution in [0.5, 0.6) is 0 Å². The molecule has 1 aliphatic heterocycles. The normalized spacial score (nSPS) is 23.2. The molecule has 5 atom stereocenters. The number of nitrogens with zero attached hydrogens (tertiary/aromatic N) is 2. The van der Waals surface area contributed by atoms with Gasteiger partial charge in [0.15, 0.2) is 0 Å². The van der Waals surface area contributed by atoms with Gasteiger partial charge in [-0.1, -0.05) is 96.0 Å². The highest BCUT2D eigenvalue weighted by atomic mass is 16.6. The summed E-state index contributed by atoms with van der Waals surface area (Å²) in [5.74, 6) is -3.07. The third kappa shape index (κ3) is 17.4. The zero-order valence-electron chi connectivity index (χ0n) is 38.1. The first-order chi connectivity index (χ1) is 29.6. The minimum atomic E-state index is -1.45. The molecule has 1 saturated heterocycles. The molecule has 2 aliphatic rings. The Balaban J connectivity index is 2.07. The van der Waals surface area contributed by atoms with Crippen molar-refractivity contribution in [3.63, 3.8) is 0 Å². The van der Waals surface area contributed by atoms with Gasteiger partial charge in [-0.2, -0.15) is 0 Å². The second-order valence-corrected chi connectivity index (χ2v) is 17.4. The molecule has 1 heterocycles. The summed E-state index contributed by atoms with van der Waals surface area (Å²) in [5.41, 5.74) is -0.112. The maximum atomic E-state index is 14.6. The fourth-order valence-electron chi connectivity index (χ4n) is 7.78. The lowest BCUT2D eigenvalue weighted by Gasteiger charge is -2.38. The maximum absolute atomic E-state index is 14.6. The van der Waals surface area contributed by atoms with Gasteiger partial charge in [-0.3, -0.25) is 28.9 Å². The summed E-state index contributed by atoms with van der Waals surface area (Å²) >= 11 is 0. The number of ether oxygens (including phenoxy) is 2. The van der Waals surface area contributed by atoms with E-state index in [1.165, 1.54) is 4.90 Å². The van der Waals surface area contributed by atoms with Gasteiger partial charge >= 0.3 is 12.2 Å². The smallest absolute Gasteiger partial charge is 0.407 e. The molecule has 1 aliphatic carbocycles. The topological polar surface area (TPSA) is 217 Å². The van der Waals surface area contributed by atoms with Crippen LogP contribution in [0.3, 0.4) is 0 Å². The minimum absolute atomic E-state index is 0.0288. The van der Waals surface area contributed by atoms with E-state index in [0.29, 0.717) is 45.2 Å². The van der Waals surface area contributed by atoms with Crippen molar-refractivity contribution in [2.45, 2.75) is 161 Å². The third-order valence-electron chi connectivity index (χ3n) is 11.2. The van der Waals surface area contributed by atoms with Crippen molar-refractivity contribution in [3.8, 4) is 0 Å². The number of rotatable bonds is 15. The van der Waals surface area contributed by atoms with Gasteiger partial charge in [0, 0.05) is 20.1 Å². The summed E-state index contributed by atoms with van der Waals surface area (Å²) in [5, 5.41) is 16.4. The maximum Gasteiger partial charge on any atom is 0.407 e. The molecule has 5 unspecified atom stereocenters. The van der Waals surface area contributed by atoms with Crippen molar-refractivity contribution in [3.05, 3.63) is 35.9 Å². The van der Waals surface area contributed by atoms with E-state index in [4.69, 9.17) is 9.47 Å². The largest absolute Gasteiger partial charge is 0.445 e. The Morgan fingerprint density at radius 1 is 0.742 bits per heavy atom. The molecule has 2 fully saturated rings. The monoisotopic (exact) mass is 871 g/mol. The van der Waals surface area contributed by atoms with E-state index in [2.05, 4.69) is 38.8 Å². The fourth-order valence-corrected chi connectivity index (χ4v) is 7.78. The Morgan fingerprint density at radius 2 is 1.37 bits per heavy atom. The highest BCUT2D eigenvalue weighted by Crippen LogP contribution is 2.27. The fraction of sp³-hybridized carbons (Fsp3) is 0.711. The summed E-state index contributed by atoms with van der Waals surface area (Å²) in [4.78, 5) is 101. The molecule has 6 N–H and O–H groups in total. The summed E-state index contributed by atoms with van der Waals surface area (Å²) in [6.45, 7) is 11.2. The lowest BCUT2D eigenvalue weighted by atomic mass is 9.83. The summed E-state index contributed by atoms with van der Waals surface area (Å²) < 4.78 is 10.8. The molecule has 1 saturated carbocycles. The van der Waals surface area contributed by atoms with Crippen LogP contribution >= 0.6 is 0 Å². The number of hydrogen-bond acceptors (Lipinski definition) is 10. The zero-order chi connectivity index (χ0) is 45.7. The number of benzene rings is 1. The molecule has 0 bridgehead atoms. The van der Waals surface area contributed by atoms with Gasteiger partial charge in [0.05, 0.1) is 19.1 Å². The van der Waals surface area contributed by atoms with Crippen LogP contribution in [0.25, 0.3) is 0 Å². The van der Waals surface area contributed by atoms with E-state index in [1.54, 1.807) is 40.0 Å². The number of amides is 7. The Hall–Kier alpha value is -4.93. The Bertz CT molecular complexity index is 1600. The van der Waals surface area contributed by atoms with Crippen molar-refractivity contribution in [2.24, 2.45) is 5.92 Å². The number of nitrogens with one attached hydrogen (secondary N) is 6. The zero-order valence-corrected chi connectivity index (χ0v) is 38.1. The van der Waals surface area contributed by atoms with E-state index in [1.807, 2.05) is 36.9 Å². The van der Waals surface area contributed by atoms with E-state index in [-0.39, 0.29) is 31.5 Å². The van der Waals surface area contributed by atoms with E-state index < -0.39 is 78.2 Å². The molecular weight excluding hydrogens is 797 g/mol. The van der Waals surface area contributed by atoms with Crippen LogP contribution in [0.2, 0.25) is 0 Å². The van der Waals surface area contributed by atoms with E-state index >= 15 is 0 Å². The third-order valence-corrected chi connectivity index (χ3v) is 11.2. The van der Waals surface area contributed by atoms with Crippen molar-refractivity contribution in [2.75, 3.05) is 39.8 Å². The number of carbonyl (C=O) groups is 7. The standard InChI is InChI=1S/C45H74N8O9/c1-8-11-24-36-42(58)52(7)35(19-10-3)40(56)51-37(32-22-17-14-18-23-32)41(57)50-34(29-48-44(60)62-45(4,5)6)39(55)49-33(38(54)46-25-27-53(36)26-12-9-2)28-47-43(59)61-30-31-20-15-13-16-21-31/h13,15-16,20-21,32-37H,8-12,14,17-19,22-30H2,1-7H3,(H,46,54)(H,47,59)(H,48,60)(H,49,55)(H,50,57)(H,51,56). The summed E-state index contributed by atoms with van der Waals surface area (Å²) in [6.07, 6.45) is 7.05. The average Bonchev–Trinajstić information content (AvgIpc) is 3.24. The number of likely N-dealkylation sites (N-methyl/N-ethyl adjacent to an activating group) is 1. The predicted molar refractivity (Wildman–Crippen MR) is 236 cm³/mol. The van der Waals surface area contributed by atoms with Crippen LogP contribution in [-0.4, -0.2) is 127 Å². The molecule has 0 radical (unpaired) electrons. The first-order valence-electron chi connectivity index (χ1n) is 22.7. The Morgan fingerprint density at radius 3 is 2.00 bits per heavy atom. The van der Waals surface area contributed by atoms with Crippen molar-refractivity contribution < 1.29 is 43.0 Å². The summed E-state index contributed by atoms with van der Waals surface area (Å²) in [6, 6.07) is 3.71. The first-order valence-corrected chi connectivity index (χ1v) is 22.7. The lowest BCUT2D eigenvalue weighted by Crippen LogP contribution is -2.63. The molecule has 0 spiro atoms. The average molecular weight is 871 g/mol. The van der Waals surface area contributed by atoms with Crippen LogP contribution in [0.4, 0.5) is 9.59 Å². The quantitative estimate of drug-likeness (QED) is 0.150. The van der Waals surface area contributed by atoms with Crippen LogP contribution < -0.4 is 31.9 Å². The molecule has 1 aromatic carbocycles. The van der Waals surface area contributed by atoms with Gasteiger partial charge in [0.2, 0.25) is 29.5 Å². The van der Waals surface area contributed by atoms with Crippen molar-refractivity contribution >= 4 is 41.7 Å². The molecule has 62 heavy (non-hydrogen) atoms. The number of hydrogen-bond donors (Lipinski definition) is 6. The minimum Gasteiger partial charge on any atom is -0.445 e. The van der Waals surface area contributed by atoms with Crippen LogP contribution in [0, 0.1) is 5.92 Å². The number of alkyl carbamates (subject to hydrolysis) is 2. The highest BCUT2D eigenvalue weighted by Gasteiger charge is 2.39. The van der Waals surface area contributed by atoms with Gasteiger partial charge in [-0.05, 0) is 70.9 Å². The van der Waals surface area contributed by atoms with E-state index in [9.17, 15) is 33.6 Å². The molecular formula is C45H74N8O9. The number of unbranched alkanes of at least 4 members (excludes halogenated alkanes) is 2. The molecule has 348 valence electrons. The molecule has 7 amide bonds.